The number of hydrogen-bond acceptors (Lipinski definition) is 3. The van der Waals surface area contributed by atoms with Crippen LogP contribution in [-0.2, 0) is 4.79 Å². The molecule has 4 N–H and O–H groups in total. The molecule has 108 valence electrons. The molecular formula is C12H14FN3O4. The molecule has 8 heteroatoms. The van der Waals surface area contributed by atoms with Gasteiger partial charge in [0.1, 0.15) is 5.82 Å². The number of rotatable bonds is 5. The summed E-state index contributed by atoms with van der Waals surface area (Å²) in [5.41, 5.74) is -0.404. The maximum atomic E-state index is 13.5. The number of carbonyl (C=O) groups excluding carboxylic acids is 2. The van der Waals surface area contributed by atoms with Crippen molar-refractivity contribution in [2.45, 2.75) is 6.92 Å². The van der Waals surface area contributed by atoms with Gasteiger partial charge in [0.25, 0.3) is 0 Å². The van der Waals surface area contributed by atoms with Crippen molar-refractivity contribution in [3.05, 3.63) is 29.6 Å². The van der Waals surface area contributed by atoms with E-state index in [-0.39, 0.29) is 23.7 Å². The van der Waals surface area contributed by atoms with Crippen molar-refractivity contribution < 1.29 is 23.9 Å². The lowest BCUT2D eigenvalue weighted by molar-refractivity contribution is -0.119. The topological polar surface area (TPSA) is 108 Å². The van der Waals surface area contributed by atoms with Crippen LogP contribution in [0.1, 0.15) is 17.3 Å². The number of likely N-dealkylation sites (N-methyl/N-ethyl adjacent to an activating group) is 1. The second-order valence-corrected chi connectivity index (χ2v) is 3.76. The molecule has 0 bridgehead atoms. The Bertz CT molecular complexity index is 533. The summed E-state index contributed by atoms with van der Waals surface area (Å²) in [5.74, 6) is -2.52. The number of benzene rings is 1. The van der Waals surface area contributed by atoms with Gasteiger partial charge in [0.15, 0.2) is 0 Å². The van der Waals surface area contributed by atoms with Crippen LogP contribution < -0.4 is 16.0 Å². The molecule has 0 saturated carbocycles. The third-order valence-corrected chi connectivity index (χ3v) is 2.25. The van der Waals surface area contributed by atoms with E-state index in [0.717, 1.165) is 18.2 Å². The quantitative estimate of drug-likeness (QED) is 0.640. The maximum Gasteiger partial charge on any atom is 0.335 e. The van der Waals surface area contributed by atoms with Crippen molar-refractivity contribution in [1.29, 1.82) is 0 Å². The standard InChI is InChI=1S/C12H14FN3O4/c1-2-14-10(17)6-15-12(20)16-9-4-3-7(11(18)19)5-8(9)13/h3-5H,2,6H2,1H3,(H,14,17)(H,18,19)(H2,15,16,20). The highest BCUT2D eigenvalue weighted by Gasteiger charge is 2.11. The number of hydrogen-bond donors (Lipinski definition) is 4. The fourth-order valence-electron chi connectivity index (χ4n) is 1.34. The van der Waals surface area contributed by atoms with Gasteiger partial charge in [0, 0.05) is 6.54 Å². The van der Waals surface area contributed by atoms with Crippen molar-refractivity contribution in [3.8, 4) is 0 Å². The van der Waals surface area contributed by atoms with E-state index in [1.165, 1.54) is 0 Å². The largest absolute Gasteiger partial charge is 0.478 e. The number of halogens is 1. The van der Waals surface area contributed by atoms with E-state index in [2.05, 4.69) is 16.0 Å². The molecule has 0 aliphatic rings. The highest BCUT2D eigenvalue weighted by atomic mass is 19.1. The average Bonchev–Trinajstić information content (AvgIpc) is 2.39. The molecule has 0 unspecified atom stereocenters. The van der Waals surface area contributed by atoms with Gasteiger partial charge >= 0.3 is 12.0 Å². The predicted molar refractivity (Wildman–Crippen MR) is 69.1 cm³/mol. The number of amides is 3. The average molecular weight is 283 g/mol. The first-order chi connectivity index (χ1) is 9.43. The Hall–Kier alpha value is -2.64. The van der Waals surface area contributed by atoms with Crippen LogP contribution in [0.2, 0.25) is 0 Å². The molecule has 7 nitrogen and oxygen atoms in total. The van der Waals surface area contributed by atoms with Gasteiger partial charge in [-0.25, -0.2) is 14.0 Å². The minimum Gasteiger partial charge on any atom is -0.478 e. The third-order valence-electron chi connectivity index (χ3n) is 2.25. The lowest BCUT2D eigenvalue weighted by atomic mass is 10.2. The summed E-state index contributed by atoms with van der Waals surface area (Å²) >= 11 is 0. The number of carboxylic acids is 1. The van der Waals surface area contributed by atoms with E-state index in [0.29, 0.717) is 6.54 Å². The second-order valence-electron chi connectivity index (χ2n) is 3.76. The van der Waals surface area contributed by atoms with Crippen LogP contribution in [0.4, 0.5) is 14.9 Å². The fraction of sp³-hybridized carbons (Fsp3) is 0.250. The second kappa shape index (κ2) is 7.07. The molecule has 1 aromatic carbocycles. The number of carboxylic acid groups (broad SMARTS) is 1. The molecule has 0 aromatic heterocycles. The van der Waals surface area contributed by atoms with Gasteiger partial charge in [-0.2, -0.15) is 0 Å². The van der Waals surface area contributed by atoms with Crippen molar-refractivity contribution in [2.24, 2.45) is 0 Å². The highest BCUT2D eigenvalue weighted by molar-refractivity contribution is 5.93. The van der Waals surface area contributed by atoms with E-state index in [9.17, 15) is 18.8 Å². The third kappa shape index (κ3) is 4.56. The lowest BCUT2D eigenvalue weighted by Crippen LogP contribution is -2.38. The Labute approximate surface area is 114 Å². The van der Waals surface area contributed by atoms with E-state index in [4.69, 9.17) is 5.11 Å². The van der Waals surface area contributed by atoms with Crippen molar-refractivity contribution in [2.75, 3.05) is 18.4 Å². The van der Waals surface area contributed by atoms with Crippen molar-refractivity contribution in [3.63, 3.8) is 0 Å². The maximum absolute atomic E-state index is 13.5. The van der Waals surface area contributed by atoms with Gasteiger partial charge in [0.05, 0.1) is 17.8 Å². The summed E-state index contributed by atoms with van der Waals surface area (Å²) in [7, 11) is 0. The molecule has 0 atom stereocenters. The van der Waals surface area contributed by atoms with Crippen LogP contribution >= 0.6 is 0 Å². The molecule has 20 heavy (non-hydrogen) atoms. The molecule has 0 heterocycles. The molecule has 0 saturated heterocycles. The Balaban J connectivity index is 2.58. The molecule has 0 spiro atoms. The summed E-state index contributed by atoms with van der Waals surface area (Å²) in [6.07, 6.45) is 0. The molecule has 0 radical (unpaired) electrons. The smallest absolute Gasteiger partial charge is 0.335 e. The Morgan fingerprint density at radius 1 is 1.25 bits per heavy atom. The van der Waals surface area contributed by atoms with Gasteiger partial charge in [-0.3, -0.25) is 4.79 Å². The van der Waals surface area contributed by atoms with Crippen molar-refractivity contribution >= 4 is 23.6 Å². The van der Waals surface area contributed by atoms with Gasteiger partial charge in [0.2, 0.25) is 5.91 Å². The first kappa shape index (κ1) is 15.4. The van der Waals surface area contributed by atoms with Crippen LogP contribution in [-0.4, -0.2) is 36.1 Å². The van der Waals surface area contributed by atoms with E-state index in [1.807, 2.05) is 0 Å². The van der Waals surface area contributed by atoms with E-state index < -0.39 is 17.8 Å². The van der Waals surface area contributed by atoms with Gasteiger partial charge in [-0.1, -0.05) is 0 Å². The van der Waals surface area contributed by atoms with Crippen LogP contribution in [0.5, 0.6) is 0 Å². The zero-order valence-corrected chi connectivity index (χ0v) is 10.7. The highest BCUT2D eigenvalue weighted by Crippen LogP contribution is 2.15. The fourth-order valence-corrected chi connectivity index (χ4v) is 1.34. The van der Waals surface area contributed by atoms with E-state index in [1.54, 1.807) is 6.92 Å². The lowest BCUT2D eigenvalue weighted by Gasteiger charge is -2.08. The number of carbonyl (C=O) groups is 3. The monoisotopic (exact) mass is 283 g/mol. The normalized spacial score (nSPS) is 9.70. The molecule has 0 aliphatic carbocycles. The minimum absolute atomic E-state index is 0.177. The predicted octanol–water partition coefficient (Wildman–Crippen LogP) is 0.781. The zero-order valence-electron chi connectivity index (χ0n) is 10.7. The number of nitrogens with one attached hydrogen (secondary N) is 3. The Morgan fingerprint density at radius 3 is 2.50 bits per heavy atom. The number of anilines is 1. The Morgan fingerprint density at radius 2 is 1.95 bits per heavy atom. The van der Waals surface area contributed by atoms with Gasteiger partial charge in [-0.05, 0) is 25.1 Å². The minimum atomic E-state index is -1.27. The molecule has 3 amide bonds. The molecule has 1 aromatic rings. The van der Waals surface area contributed by atoms with E-state index >= 15 is 0 Å². The molecule has 1 rings (SSSR count). The number of urea groups is 1. The summed E-state index contributed by atoms with van der Waals surface area (Å²) in [6, 6.07) is 2.31. The summed E-state index contributed by atoms with van der Waals surface area (Å²) in [4.78, 5) is 33.1. The summed E-state index contributed by atoms with van der Waals surface area (Å²) in [6.45, 7) is 1.93. The molecule has 0 fully saturated rings. The van der Waals surface area contributed by atoms with Crippen molar-refractivity contribution in [1.82, 2.24) is 10.6 Å². The summed E-state index contributed by atoms with van der Waals surface area (Å²) < 4.78 is 13.5. The number of aromatic carboxylic acids is 1. The van der Waals surface area contributed by atoms with Crippen LogP contribution in [0, 0.1) is 5.82 Å². The molecule has 0 aliphatic heterocycles. The zero-order chi connectivity index (χ0) is 15.1. The SMILES string of the molecule is CCNC(=O)CNC(=O)Nc1ccc(C(=O)O)cc1F. The van der Waals surface area contributed by atoms with Crippen LogP contribution in [0.25, 0.3) is 0 Å². The van der Waals surface area contributed by atoms with Crippen LogP contribution in [0.3, 0.4) is 0 Å². The summed E-state index contributed by atoms with van der Waals surface area (Å²) in [5, 5.41) is 15.6. The first-order valence-electron chi connectivity index (χ1n) is 5.78. The van der Waals surface area contributed by atoms with Gasteiger partial charge < -0.3 is 21.1 Å². The van der Waals surface area contributed by atoms with Gasteiger partial charge in [-0.15, -0.1) is 0 Å². The Kier molecular flexibility index (Phi) is 5.45. The molecular weight excluding hydrogens is 269 g/mol. The van der Waals surface area contributed by atoms with Crippen LogP contribution in [0.15, 0.2) is 18.2 Å². The first-order valence-corrected chi connectivity index (χ1v) is 5.78.